The Morgan fingerprint density at radius 3 is 2.37 bits per heavy atom. The molecule has 0 fully saturated rings. The van der Waals surface area contributed by atoms with Gasteiger partial charge in [0.1, 0.15) is 17.1 Å². The van der Waals surface area contributed by atoms with E-state index in [0.29, 0.717) is 17.7 Å². The molecule has 1 N–H and O–H groups in total. The van der Waals surface area contributed by atoms with Crippen molar-refractivity contribution in [3.05, 3.63) is 65.4 Å². The minimum atomic E-state index is -0.0143. The van der Waals surface area contributed by atoms with Gasteiger partial charge in [0.15, 0.2) is 5.78 Å². The van der Waals surface area contributed by atoms with Gasteiger partial charge in [-0.3, -0.25) is 4.79 Å². The maximum absolute atomic E-state index is 13.2. The maximum Gasteiger partial charge on any atom is 0.197 e. The molecule has 0 saturated carbocycles. The summed E-state index contributed by atoms with van der Waals surface area (Å²) >= 11 is 0. The third kappa shape index (κ3) is 5.87. The molecule has 0 amide bonds. The van der Waals surface area contributed by atoms with Gasteiger partial charge in [-0.15, -0.1) is 12.4 Å². The number of carbonyl (C=O) groups is 1. The summed E-state index contributed by atoms with van der Waals surface area (Å²) in [4.78, 5) is 13.2. The smallest absolute Gasteiger partial charge is 0.197 e. The number of furan rings is 1. The summed E-state index contributed by atoms with van der Waals surface area (Å²) in [7, 11) is 0. The van der Waals surface area contributed by atoms with E-state index < -0.39 is 0 Å². The van der Waals surface area contributed by atoms with Crippen molar-refractivity contribution in [2.75, 3.05) is 13.2 Å². The molecule has 4 nitrogen and oxygen atoms in total. The van der Waals surface area contributed by atoms with Gasteiger partial charge in [-0.05, 0) is 64.1 Å². The molecule has 0 spiro atoms. The van der Waals surface area contributed by atoms with Crippen LogP contribution in [0.3, 0.4) is 0 Å². The number of para-hydroxylation sites is 1. The van der Waals surface area contributed by atoms with Crippen molar-refractivity contribution >= 4 is 29.2 Å². The van der Waals surface area contributed by atoms with Crippen molar-refractivity contribution in [3.8, 4) is 5.75 Å². The Balaban J connectivity index is 0.00000320. The van der Waals surface area contributed by atoms with Crippen LogP contribution in [0.25, 0.3) is 11.0 Å². The number of nitrogens with one attached hydrogen (secondary N) is 1. The number of ketones is 1. The largest absolute Gasteiger partial charge is 0.494 e. The molecular formula is C25H32ClNO3. The first kappa shape index (κ1) is 24.0. The second kappa shape index (κ2) is 10.1. The number of rotatable bonds is 8. The lowest BCUT2D eigenvalue weighted by Gasteiger charge is -2.20. The molecule has 3 aromatic rings. The number of carbonyl (C=O) groups excluding carboxylic acids is 1. The molecule has 2 aromatic carbocycles. The average Bonchev–Trinajstić information content (AvgIpc) is 3.07. The van der Waals surface area contributed by atoms with E-state index in [0.717, 1.165) is 35.4 Å². The highest BCUT2D eigenvalue weighted by Crippen LogP contribution is 2.32. The number of fused-ring (bicyclic) bond motifs is 1. The van der Waals surface area contributed by atoms with Crippen LogP contribution >= 0.6 is 12.4 Å². The van der Waals surface area contributed by atoms with E-state index in [1.807, 2.05) is 62.4 Å². The van der Waals surface area contributed by atoms with Gasteiger partial charge in [-0.2, -0.15) is 0 Å². The number of ether oxygens (including phenoxy) is 1. The summed E-state index contributed by atoms with van der Waals surface area (Å²) < 4.78 is 11.8. The van der Waals surface area contributed by atoms with Gasteiger partial charge in [0, 0.05) is 22.4 Å². The van der Waals surface area contributed by atoms with Crippen LogP contribution in [0, 0.1) is 0 Å². The fraction of sp³-hybridized carbons (Fsp3) is 0.400. The Morgan fingerprint density at radius 1 is 1.07 bits per heavy atom. The molecular weight excluding hydrogens is 398 g/mol. The van der Waals surface area contributed by atoms with E-state index in [2.05, 4.69) is 26.1 Å². The Labute approximate surface area is 185 Å². The predicted octanol–water partition coefficient (Wildman–Crippen LogP) is 6.37. The summed E-state index contributed by atoms with van der Waals surface area (Å²) in [6, 6.07) is 15.1. The van der Waals surface area contributed by atoms with Crippen molar-refractivity contribution in [1.29, 1.82) is 0 Å². The molecule has 5 heteroatoms. The van der Waals surface area contributed by atoms with Gasteiger partial charge >= 0.3 is 0 Å². The molecule has 3 rings (SSSR count). The fourth-order valence-corrected chi connectivity index (χ4v) is 3.28. The lowest BCUT2D eigenvalue weighted by atomic mass is 9.96. The number of benzene rings is 2. The van der Waals surface area contributed by atoms with Crippen LogP contribution in [0.15, 0.2) is 52.9 Å². The molecule has 1 heterocycles. The molecule has 0 bridgehead atoms. The van der Waals surface area contributed by atoms with Crippen molar-refractivity contribution in [2.24, 2.45) is 0 Å². The van der Waals surface area contributed by atoms with Crippen molar-refractivity contribution in [1.82, 2.24) is 5.32 Å². The van der Waals surface area contributed by atoms with Crippen molar-refractivity contribution in [3.63, 3.8) is 0 Å². The van der Waals surface area contributed by atoms with Crippen LogP contribution in [0.1, 0.15) is 68.6 Å². The normalized spacial score (nSPS) is 11.5. The number of halogens is 1. The Morgan fingerprint density at radius 2 is 1.73 bits per heavy atom. The van der Waals surface area contributed by atoms with Gasteiger partial charge in [0.05, 0.1) is 12.2 Å². The van der Waals surface area contributed by atoms with Gasteiger partial charge in [0.25, 0.3) is 0 Å². The second-order valence-electron chi connectivity index (χ2n) is 8.72. The molecule has 0 atom stereocenters. The zero-order valence-corrected chi connectivity index (χ0v) is 19.3. The average molecular weight is 430 g/mol. The Bertz CT molecular complexity index is 968. The first-order valence-corrected chi connectivity index (χ1v) is 10.3. The molecule has 0 radical (unpaired) electrons. The van der Waals surface area contributed by atoms with Gasteiger partial charge in [-0.25, -0.2) is 0 Å². The quantitative estimate of drug-likeness (QED) is 0.334. The minimum absolute atomic E-state index is 0. The van der Waals surface area contributed by atoms with Crippen molar-refractivity contribution < 1.29 is 13.9 Å². The third-order valence-corrected chi connectivity index (χ3v) is 4.74. The maximum atomic E-state index is 13.2. The van der Waals surface area contributed by atoms with Crippen LogP contribution in [0.2, 0.25) is 0 Å². The summed E-state index contributed by atoms with van der Waals surface area (Å²) in [6.07, 6.45) is 0.927. The lowest BCUT2D eigenvalue weighted by Crippen LogP contribution is -2.36. The van der Waals surface area contributed by atoms with E-state index in [1.54, 1.807) is 0 Å². The zero-order valence-electron chi connectivity index (χ0n) is 18.5. The van der Waals surface area contributed by atoms with Crippen LogP contribution in [-0.4, -0.2) is 24.5 Å². The first-order valence-electron chi connectivity index (χ1n) is 10.3. The summed E-state index contributed by atoms with van der Waals surface area (Å²) in [5.74, 6) is 1.63. The highest BCUT2D eigenvalue weighted by Gasteiger charge is 2.23. The van der Waals surface area contributed by atoms with Crippen LogP contribution in [0.4, 0.5) is 0 Å². The molecule has 0 saturated heterocycles. The Hall–Kier alpha value is -2.30. The molecule has 0 unspecified atom stereocenters. The molecule has 0 aliphatic rings. The van der Waals surface area contributed by atoms with E-state index in [-0.39, 0.29) is 29.6 Å². The highest BCUT2D eigenvalue weighted by molar-refractivity contribution is 6.17. The van der Waals surface area contributed by atoms with Gasteiger partial charge in [-0.1, -0.05) is 32.0 Å². The van der Waals surface area contributed by atoms with Crippen molar-refractivity contribution in [2.45, 2.75) is 52.5 Å². The minimum Gasteiger partial charge on any atom is -0.494 e. The second-order valence-corrected chi connectivity index (χ2v) is 8.72. The first-order chi connectivity index (χ1) is 13.8. The summed E-state index contributed by atoms with van der Waals surface area (Å²) in [5.41, 5.74) is 2.18. The SMILES string of the molecule is CC(C)c1oc2ccccc2c1C(=O)c1ccc(OCCCNC(C)(C)C)cc1.Cl. The molecule has 30 heavy (non-hydrogen) atoms. The molecule has 0 aliphatic heterocycles. The number of hydrogen-bond donors (Lipinski definition) is 1. The summed E-state index contributed by atoms with van der Waals surface area (Å²) in [6.45, 7) is 12.1. The topological polar surface area (TPSA) is 51.5 Å². The third-order valence-electron chi connectivity index (χ3n) is 4.74. The van der Waals surface area contributed by atoms with Crippen LogP contribution in [0.5, 0.6) is 5.75 Å². The molecule has 1 aromatic heterocycles. The lowest BCUT2D eigenvalue weighted by molar-refractivity contribution is 0.103. The highest BCUT2D eigenvalue weighted by atomic mass is 35.5. The van der Waals surface area contributed by atoms with Crippen LogP contribution < -0.4 is 10.1 Å². The standard InChI is InChI=1S/C25H31NO3.ClH/c1-17(2)24-22(20-9-6-7-10-21(20)29-24)23(27)18-11-13-19(14-12-18)28-16-8-15-26-25(3,4)5;/h6-7,9-14,17,26H,8,15-16H2,1-5H3;1H. The van der Waals surface area contributed by atoms with Gasteiger partial charge < -0.3 is 14.5 Å². The zero-order chi connectivity index (χ0) is 21.0. The molecule has 162 valence electrons. The van der Waals surface area contributed by atoms with E-state index in [9.17, 15) is 4.79 Å². The fourth-order valence-electron chi connectivity index (χ4n) is 3.28. The molecule has 0 aliphatic carbocycles. The van der Waals surface area contributed by atoms with Crippen LogP contribution in [-0.2, 0) is 0 Å². The van der Waals surface area contributed by atoms with Gasteiger partial charge in [0.2, 0.25) is 0 Å². The van der Waals surface area contributed by atoms with E-state index in [4.69, 9.17) is 9.15 Å². The predicted molar refractivity (Wildman–Crippen MR) is 125 cm³/mol. The Kier molecular flexibility index (Phi) is 8.10. The monoisotopic (exact) mass is 429 g/mol. The summed E-state index contributed by atoms with van der Waals surface area (Å²) in [5, 5.41) is 4.31. The van der Waals surface area contributed by atoms with E-state index in [1.165, 1.54) is 0 Å². The number of hydrogen-bond acceptors (Lipinski definition) is 4. The van der Waals surface area contributed by atoms with E-state index >= 15 is 0 Å².